The van der Waals surface area contributed by atoms with Crippen LogP contribution in [0.1, 0.15) is 26.7 Å². The van der Waals surface area contributed by atoms with Crippen molar-refractivity contribution in [1.82, 2.24) is 10.6 Å². The Hall–Kier alpha value is -1.14. The fourth-order valence-corrected chi connectivity index (χ4v) is 1.29. The SMILES string of the molecule is CCCNCC(=O)NCC(CC(=O)O)OCC. The van der Waals surface area contributed by atoms with Gasteiger partial charge in [-0.1, -0.05) is 6.92 Å². The molecule has 0 aromatic heterocycles. The Labute approximate surface area is 102 Å². The van der Waals surface area contributed by atoms with Crippen LogP contribution in [0.4, 0.5) is 0 Å². The van der Waals surface area contributed by atoms with Crippen LogP contribution >= 0.6 is 0 Å². The molecule has 0 spiro atoms. The van der Waals surface area contributed by atoms with Crippen LogP contribution in [-0.2, 0) is 14.3 Å². The predicted molar refractivity (Wildman–Crippen MR) is 63.8 cm³/mol. The molecule has 0 aliphatic heterocycles. The number of rotatable bonds is 10. The highest BCUT2D eigenvalue weighted by Gasteiger charge is 2.14. The number of hydrogen-bond acceptors (Lipinski definition) is 4. The van der Waals surface area contributed by atoms with Crippen molar-refractivity contribution in [2.45, 2.75) is 32.8 Å². The van der Waals surface area contributed by atoms with Gasteiger partial charge in [-0.2, -0.15) is 0 Å². The first-order valence-corrected chi connectivity index (χ1v) is 5.90. The number of ether oxygens (including phenoxy) is 1. The molecule has 6 nitrogen and oxygen atoms in total. The zero-order chi connectivity index (χ0) is 13.1. The second kappa shape index (κ2) is 10.0. The normalized spacial score (nSPS) is 12.1. The van der Waals surface area contributed by atoms with Gasteiger partial charge in [-0.3, -0.25) is 9.59 Å². The summed E-state index contributed by atoms with van der Waals surface area (Å²) in [6.07, 6.45) is 0.400. The third kappa shape index (κ3) is 9.77. The average molecular weight is 246 g/mol. The van der Waals surface area contributed by atoms with Crippen molar-refractivity contribution in [2.24, 2.45) is 0 Å². The summed E-state index contributed by atoms with van der Waals surface area (Å²) in [5.74, 6) is -1.07. The molecular formula is C11H22N2O4. The molecule has 0 heterocycles. The first-order valence-electron chi connectivity index (χ1n) is 5.90. The van der Waals surface area contributed by atoms with Gasteiger partial charge in [0.2, 0.25) is 5.91 Å². The summed E-state index contributed by atoms with van der Waals surface area (Å²) in [4.78, 5) is 21.9. The molecular weight excluding hydrogens is 224 g/mol. The van der Waals surface area contributed by atoms with Crippen LogP contribution in [0.2, 0.25) is 0 Å². The summed E-state index contributed by atoms with van der Waals surface area (Å²) < 4.78 is 5.21. The third-order valence-electron chi connectivity index (χ3n) is 2.04. The number of carboxylic acid groups (broad SMARTS) is 1. The van der Waals surface area contributed by atoms with E-state index in [9.17, 15) is 9.59 Å². The Kier molecular flexibility index (Phi) is 9.37. The molecule has 100 valence electrons. The maximum absolute atomic E-state index is 11.3. The summed E-state index contributed by atoms with van der Waals surface area (Å²) in [6.45, 7) is 5.51. The predicted octanol–water partition coefficient (Wildman–Crippen LogP) is -0.0180. The Morgan fingerprint density at radius 2 is 2.06 bits per heavy atom. The second-order valence-electron chi connectivity index (χ2n) is 3.66. The number of carbonyl (C=O) groups is 2. The molecule has 0 aliphatic rings. The van der Waals surface area contributed by atoms with E-state index in [1.165, 1.54) is 0 Å². The number of carbonyl (C=O) groups excluding carboxylic acids is 1. The van der Waals surface area contributed by atoms with Crippen LogP contribution < -0.4 is 10.6 Å². The molecule has 0 saturated heterocycles. The molecule has 1 unspecified atom stereocenters. The molecule has 0 saturated carbocycles. The molecule has 0 aliphatic carbocycles. The largest absolute Gasteiger partial charge is 0.481 e. The lowest BCUT2D eigenvalue weighted by Gasteiger charge is -2.15. The second-order valence-corrected chi connectivity index (χ2v) is 3.66. The Morgan fingerprint density at radius 3 is 2.59 bits per heavy atom. The van der Waals surface area contributed by atoms with E-state index < -0.39 is 12.1 Å². The third-order valence-corrected chi connectivity index (χ3v) is 2.04. The molecule has 0 bridgehead atoms. The molecule has 6 heteroatoms. The van der Waals surface area contributed by atoms with Gasteiger partial charge in [-0.15, -0.1) is 0 Å². The van der Waals surface area contributed by atoms with Gasteiger partial charge >= 0.3 is 5.97 Å². The smallest absolute Gasteiger partial charge is 0.306 e. The van der Waals surface area contributed by atoms with Crippen LogP contribution in [0.25, 0.3) is 0 Å². The number of hydrogen-bond donors (Lipinski definition) is 3. The molecule has 1 amide bonds. The van der Waals surface area contributed by atoms with E-state index >= 15 is 0 Å². The summed E-state index contributed by atoms with van der Waals surface area (Å²) >= 11 is 0. The standard InChI is InChI=1S/C11H22N2O4/c1-3-5-12-8-10(14)13-7-9(17-4-2)6-11(15)16/h9,12H,3-8H2,1-2H3,(H,13,14)(H,15,16). The van der Waals surface area contributed by atoms with Gasteiger partial charge in [0, 0.05) is 13.2 Å². The minimum absolute atomic E-state index is 0.101. The number of nitrogens with one attached hydrogen (secondary N) is 2. The lowest BCUT2D eigenvalue weighted by Crippen LogP contribution is -2.39. The van der Waals surface area contributed by atoms with Crippen LogP contribution in [0.15, 0.2) is 0 Å². The van der Waals surface area contributed by atoms with Gasteiger partial charge in [-0.25, -0.2) is 0 Å². The van der Waals surface area contributed by atoms with E-state index in [0.717, 1.165) is 13.0 Å². The van der Waals surface area contributed by atoms with Crippen LogP contribution in [0.3, 0.4) is 0 Å². The molecule has 3 N–H and O–H groups in total. The fourth-order valence-electron chi connectivity index (χ4n) is 1.29. The Balaban J connectivity index is 3.78. The molecule has 17 heavy (non-hydrogen) atoms. The summed E-state index contributed by atoms with van der Waals surface area (Å²) in [5.41, 5.74) is 0. The lowest BCUT2D eigenvalue weighted by molar-refractivity contribution is -0.140. The highest BCUT2D eigenvalue weighted by Crippen LogP contribution is 1.97. The van der Waals surface area contributed by atoms with Crippen molar-refractivity contribution < 1.29 is 19.4 Å². The number of carboxylic acids is 1. The van der Waals surface area contributed by atoms with Gasteiger partial charge in [0.1, 0.15) is 0 Å². The molecule has 0 aromatic rings. The minimum atomic E-state index is -0.929. The van der Waals surface area contributed by atoms with E-state index in [1.54, 1.807) is 6.92 Å². The molecule has 0 rings (SSSR count). The first kappa shape index (κ1) is 15.9. The summed E-state index contributed by atoms with van der Waals surface area (Å²) in [5, 5.41) is 14.2. The first-order chi connectivity index (χ1) is 8.10. The summed E-state index contributed by atoms with van der Waals surface area (Å²) in [7, 11) is 0. The van der Waals surface area contributed by atoms with Crippen molar-refractivity contribution in [3.8, 4) is 0 Å². The highest BCUT2D eigenvalue weighted by atomic mass is 16.5. The molecule has 0 aromatic carbocycles. The topological polar surface area (TPSA) is 87.7 Å². The maximum atomic E-state index is 11.3. The minimum Gasteiger partial charge on any atom is -0.481 e. The number of amides is 1. The molecule has 0 fully saturated rings. The fraction of sp³-hybridized carbons (Fsp3) is 0.818. The van der Waals surface area contributed by atoms with Gasteiger partial charge in [-0.05, 0) is 19.9 Å². The van der Waals surface area contributed by atoms with Crippen molar-refractivity contribution in [3.05, 3.63) is 0 Å². The Bertz CT molecular complexity index is 234. The van der Waals surface area contributed by atoms with E-state index in [1.807, 2.05) is 6.92 Å². The summed E-state index contributed by atoms with van der Waals surface area (Å²) in [6, 6.07) is 0. The van der Waals surface area contributed by atoms with Gasteiger partial charge < -0.3 is 20.5 Å². The Morgan fingerprint density at radius 1 is 1.35 bits per heavy atom. The van der Waals surface area contributed by atoms with Crippen LogP contribution in [-0.4, -0.2) is 49.3 Å². The van der Waals surface area contributed by atoms with E-state index in [2.05, 4.69) is 10.6 Å². The highest BCUT2D eigenvalue weighted by molar-refractivity contribution is 5.78. The molecule has 0 radical (unpaired) electrons. The maximum Gasteiger partial charge on any atom is 0.306 e. The van der Waals surface area contributed by atoms with E-state index in [-0.39, 0.29) is 25.4 Å². The quantitative estimate of drug-likeness (QED) is 0.472. The van der Waals surface area contributed by atoms with Gasteiger partial charge in [0.15, 0.2) is 0 Å². The monoisotopic (exact) mass is 246 g/mol. The van der Waals surface area contributed by atoms with Crippen LogP contribution in [0.5, 0.6) is 0 Å². The lowest BCUT2D eigenvalue weighted by atomic mass is 10.2. The number of aliphatic carboxylic acids is 1. The van der Waals surface area contributed by atoms with Gasteiger partial charge in [0.25, 0.3) is 0 Å². The average Bonchev–Trinajstić information content (AvgIpc) is 2.26. The van der Waals surface area contributed by atoms with Crippen molar-refractivity contribution >= 4 is 11.9 Å². The zero-order valence-electron chi connectivity index (χ0n) is 10.5. The van der Waals surface area contributed by atoms with Crippen molar-refractivity contribution in [2.75, 3.05) is 26.2 Å². The van der Waals surface area contributed by atoms with E-state index in [4.69, 9.17) is 9.84 Å². The van der Waals surface area contributed by atoms with E-state index in [0.29, 0.717) is 6.61 Å². The van der Waals surface area contributed by atoms with Crippen molar-refractivity contribution in [3.63, 3.8) is 0 Å². The van der Waals surface area contributed by atoms with Gasteiger partial charge in [0.05, 0.1) is 19.1 Å². The van der Waals surface area contributed by atoms with Crippen LogP contribution in [0, 0.1) is 0 Å². The zero-order valence-corrected chi connectivity index (χ0v) is 10.5. The molecule has 1 atom stereocenters. The van der Waals surface area contributed by atoms with Crippen molar-refractivity contribution in [1.29, 1.82) is 0 Å².